The van der Waals surface area contributed by atoms with Crippen LogP contribution in [0.3, 0.4) is 0 Å². The first-order chi connectivity index (χ1) is 21.8. The van der Waals surface area contributed by atoms with E-state index < -0.39 is 0 Å². The molecule has 44 heavy (non-hydrogen) atoms. The molecule has 0 radical (unpaired) electrons. The van der Waals surface area contributed by atoms with Crippen molar-refractivity contribution in [3.8, 4) is 0 Å². The SMILES string of the molecule is CCCCCCCCCCCCCCCCCCC(CCCCCCCCCCCCCCCCC)c1[nH]cc[n+]1CCC. The summed E-state index contributed by atoms with van der Waals surface area (Å²) in [6, 6.07) is 0. The standard InChI is InChI=1S/C42H82N2/c1-4-7-9-11-13-15-17-19-21-23-25-27-29-31-33-35-37-41(42-43-38-40-44(42)39-6-3)36-34-32-30-28-26-24-22-20-18-16-14-12-10-8-5-2/h38,40-41H,4-37,39H2,1-3H3/p+1. The zero-order valence-corrected chi connectivity index (χ0v) is 30.9. The van der Waals surface area contributed by atoms with E-state index in [1.165, 1.54) is 224 Å². The molecule has 0 amide bonds. The van der Waals surface area contributed by atoms with Crippen LogP contribution in [0.2, 0.25) is 0 Å². The molecule has 1 aromatic heterocycles. The van der Waals surface area contributed by atoms with E-state index in [1.807, 2.05) is 0 Å². The Morgan fingerprint density at radius 3 is 1.00 bits per heavy atom. The second-order valence-electron chi connectivity index (χ2n) is 14.6. The van der Waals surface area contributed by atoms with Crippen LogP contribution in [0.15, 0.2) is 12.4 Å². The van der Waals surface area contributed by atoms with Gasteiger partial charge in [-0.15, -0.1) is 0 Å². The highest BCUT2D eigenvalue weighted by Crippen LogP contribution is 2.26. The van der Waals surface area contributed by atoms with E-state index in [0.717, 1.165) is 12.5 Å². The normalized spacial score (nSPS) is 12.3. The minimum atomic E-state index is 0.727. The van der Waals surface area contributed by atoms with E-state index in [0.29, 0.717) is 0 Å². The van der Waals surface area contributed by atoms with E-state index in [2.05, 4.69) is 42.7 Å². The Kier molecular flexibility index (Phi) is 31.5. The topological polar surface area (TPSA) is 19.7 Å². The number of imidazole rings is 1. The Morgan fingerprint density at radius 2 is 0.705 bits per heavy atom. The van der Waals surface area contributed by atoms with Crippen molar-refractivity contribution in [3.05, 3.63) is 18.2 Å². The second-order valence-corrected chi connectivity index (χ2v) is 14.6. The van der Waals surface area contributed by atoms with Crippen molar-refractivity contribution in [2.24, 2.45) is 0 Å². The van der Waals surface area contributed by atoms with Gasteiger partial charge in [0.2, 0.25) is 0 Å². The average molecular weight is 616 g/mol. The van der Waals surface area contributed by atoms with Crippen LogP contribution in [-0.4, -0.2) is 4.98 Å². The molecule has 1 rings (SSSR count). The smallest absolute Gasteiger partial charge is 0.247 e. The molecule has 0 bridgehead atoms. The van der Waals surface area contributed by atoms with Crippen molar-refractivity contribution in [2.75, 3.05) is 0 Å². The average Bonchev–Trinajstić information content (AvgIpc) is 3.50. The van der Waals surface area contributed by atoms with Gasteiger partial charge in [0.05, 0.1) is 12.5 Å². The van der Waals surface area contributed by atoms with E-state index in [9.17, 15) is 0 Å². The molecule has 260 valence electrons. The lowest BCUT2D eigenvalue weighted by atomic mass is 9.93. The fraction of sp³-hybridized carbons (Fsp3) is 0.929. The molecule has 0 spiro atoms. The highest BCUT2D eigenvalue weighted by Gasteiger charge is 2.22. The molecule has 1 unspecified atom stereocenters. The first kappa shape index (κ1) is 41.2. The number of aromatic nitrogens is 2. The molecule has 1 atom stereocenters. The summed E-state index contributed by atoms with van der Waals surface area (Å²) in [5.41, 5.74) is 0. The van der Waals surface area contributed by atoms with Gasteiger partial charge in [0, 0.05) is 0 Å². The predicted molar refractivity (Wildman–Crippen MR) is 198 cm³/mol. The van der Waals surface area contributed by atoms with Crippen molar-refractivity contribution < 1.29 is 4.57 Å². The second kappa shape index (κ2) is 33.6. The molecule has 0 fully saturated rings. The van der Waals surface area contributed by atoms with E-state index in [1.54, 1.807) is 0 Å². The van der Waals surface area contributed by atoms with Gasteiger partial charge in [-0.2, -0.15) is 0 Å². The fourth-order valence-electron chi connectivity index (χ4n) is 7.28. The summed E-state index contributed by atoms with van der Waals surface area (Å²) in [7, 11) is 0. The van der Waals surface area contributed by atoms with Crippen molar-refractivity contribution in [1.29, 1.82) is 0 Å². The number of nitrogens with zero attached hydrogens (tertiary/aromatic N) is 1. The number of unbranched alkanes of at least 4 members (excludes halogenated alkanes) is 29. The molecule has 0 saturated heterocycles. The summed E-state index contributed by atoms with van der Waals surface area (Å²) in [6.07, 6.45) is 53.5. The molecule has 0 saturated carbocycles. The Morgan fingerprint density at radius 1 is 0.409 bits per heavy atom. The zero-order valence-electron chi connectivity index (χ0n) is 30.9. The van der Waals surface area contributed by atoms with Crippen LogP contribution in [0.1, 0.15) is 251 Å². The largest absolute Gasteiger partial charge is 0.257 e. The quantitative estimate of drug-likeness (QED) is 0.0572. The number of nitrogens with one attached hydrogen (secondary N) is 1. The molecule has 0 aliphatic carbocycles. The lowest BCUT2D eigenvalue weighted by Gasteiger charge is -2.14. The maximum absolute atomic E-state index is 3.66. The van der Waals surface area contributed by atoms with E-state index in [4.69, 9.17) is 0 Å². The van der Waals surface area contributed by atoms with Crippen LogP contribution < -0.4 is 4.57 Å². The summed E-state index contributed by atoms with van der Waals surface area (Å²) in [4.78, 5) is 3.66. The highest BCUT2D eigenvalue weighted by atomic mass is 15.1. The van der Waals surface area contributed by atoms with E-state index in [-0.39, 0.29) is 0 Å². The van der Waals surface area contributed by atoms with Gasteiger partial charge >= 0.3 is 0 Å². The maximum Gasteiger partial charge on any atom is 0.257 e. The van der Waals surface area contributed by atoms with Crippen molar-refractivity contribution in [2.45, 2.75) is 252 Å². The fourth-order valence-corrected chi connectivity index (χ4v) is 7.28. The number of aromatic amines is 1. The van der Waals surface area contributed by atoms with Gasteiger partial charge in [0.1, 0.15) is 12.4 Å². The Labute approximate surface area is 278 Å². The highest BCUT2D eigenvalue weighted by molar-refractivity contribution is 4.90. The third kappa shape index (κ3) is 25.4. The minimum absolute atomic E-state index is 0.727. The first-order valence-electron chi connectivity index (χ1n) is 20.9. The summed E-state index contributed by atoms with van der Waals surface area (Å²) in [6.45, 7) is 8.09. The number of H-pyrrole nitrogens is 1. The number of aryl methyl sites for hydroxylation is 1. The molecule has 2 nitrogen and oxygen atoms in total. The Bertz CT molecular complexity index is 664. The number of hydrogen-bond acceptors (Lipinski definition) is 0. The van der Waals surface area contributed by atoms with E-state index >= 15 is 0 Å². The molecule has 0 aromatic carbocycles. The molecule has 1 heterocycles. The molecule has 0 aliphatic heterocycles. The van der Waals surface area contributed by atoms with Gasteiger partial charge in [-0.1, -0.05) is 220 Å². The monoisotopic (exact) mass is 616 g/mol. The van der Waals surface area contributed by atoms with Crippen molar-refractivity contribution >= 4 is 0 Å². The Hall–Kier alpha value is -0.790. The molecular weight excluding hydrogens is 532 g/mol. The number of hydrogen-bond donors (Lipinski definition) is 1. The lowest BCUT2D eigenvalue weighted by molar-refractivity contribution is -0.704. The number of rotatable bonds is 36. The lowest BCUT2D eigenvalue weighted by Crippen LogP contribution is -2.37. The van der Waals surface area contributed by atoms with Crippen molar-refractivity contribution in [3.63, 3.8) is 0 Å². The van der Waals surface area contributed by atoms with Crippen LogP contribution >= 0.6 is 0 Å². The molecule has 0 aliphatic rings. The van der Waals surface area contributed by atoms with Crippen LogP contribution in [0, 0.1) is 0 Å². The summed E-state index contributed by atoms with van der Waals surface area (Å²) in [5, 5.41) is 0. The zero-order chi connectivity index (χ0) is 31.6. The van der Waals surface area contributed by atoms with Crippen LogP contribution in [0.5, 0.6) is 0 Å². The third-order valence-corrected chi connectivity index (χ3v) is 10.2. The van der Waals surface area contributed by atoms with Crippen LogP contribution in [0.25, 0.3) is 0 Å². The molecule has 1 N–H and O–H groups in total. The predicted octanol–water partition coefficient (Wildman–Crippen LogP) is 14.7. The van der Waals surface area contributed by atoms with Gasteiger partial charge < -0.3 is 0 Å². The van der Waals surface area contributed by atoms with Gasteiger partial charge in [0.15, 0.2) is 0 Å². The van der Waals surface area contributed by atoms with Crippen molar-refractivity contribution in [1.82, 2.24) is 4.98 Å². The minimum Gasteiger partial charge on any atom is -0.247 e. The maximum atomic E-state index is 3.66. The van der Waals surface area contributed by atoms with Gasteiger partial charge in [-0.05, 0) is 19.3 Å². The molecule has 2 heteroatoms. The molecule has 1 aromatic rings. The van der Waals surface area contributed by atoms with Gasteiger partial charge in [-0.25, -0.2) is 9.55 Å². The molecular formula is C42H83N2+. The van der Waals surface area contributed by atoms with Gasteiger partial charge in [-0.3, -0.25) is 0 Å². The summed E-state index contributed by atoms with van der Waals surface area (Å²) in [5.74, 6) is 2.24. The summed E-state index contributed by atoms with van der Waals surface area (Å²) >= 11 is 0. The third-order valence-electron chi connectivity index (χ3n) is 10.2. The van der Waals surface area contributed by atoms with Crippen LogP contribution in [-0.2, 0) is 6.54 Å². The van der Waals surface area contributed by atoms with Crippen LogP contribution in [0.4, 0.5) is 0 Å². The van der Waals surface area contributed by atoms with Gasteiger partial charge in [0.25, 0.3) is 5.82 Å². The Balaban J connectivity index is 2.07. The summed E-state index contributed by atoms with van der Waals surface area (Å²) < 4.78 is 2.52. The first-order valence-corrected chi connectivity index (χ1v) is 20.9.